The van der Waals surface area contributed by atoms with Gasteiger partial charge in [-0.2, -0.15) is 11.8 Å². The number of phenolic OH excluding ortho intramolecular Hbond substituents is 1. The number of thioether (sulfide) groups is 2. The van der Waals surface area contributed by atoms with Gasteiger partial charge in [0, 0.05) is 41.2 Å². The summed E-state index contributed by atoms with van der Waals surface area (Å²) in [4.78, 5) is 6.44. The summed E-state index contributed by atoms with van der Waals surface area (Å²) in [5.41, 5.74) is 3.26. The molecule has 0 radical (unpaired) electrons. The Morgan fingerprint density at radius 2 is 1.51 bits per heavy atom. The Morgan fingerprint density at radius 3 is 2.00 bits per heavy atom. The van der Waals surface area contributed by atoms with Crippen LogP contribution in [0.4, 0.5) is 0 Å². The van der Waals surface area contributed by atoms with Crippen molar-refractivity contribution in [3.05, 3.63) is 35.5 Å². The van der Waals surface area contributed by atoms with Crippen molar-refractivity contribution in [3.63, 3.8) is 0 Å². The second-order valence-electron chi connectivity index (χ2n) is 8.03. The summed E-state index contributed by atoms with van der Waals surface area (Å²) in [6.45, 7) is 29.6. The minimum atomic E-state index is 0.430. The number of rotatable bonds is 12. The molecule has 1 aliphatic heterocycles. The van der Waals surface area contributed by atoms with Crippen molar-refractivity contribution >= 4 is 23.5 Å². The van der Waals surface area contributed by atoms with Gasteiger partial charge in [-0.25, -0.2) is 0 Å². The van der Waals surface area contributed by atoms with Crippen LogP contribution in [-0.2, 0) is 0 Å². The largest absolute Gasteiger partial charge is 0.507 e. The van der Waals surface area contributed by atoms with E-state index in [1.807, 2.05) is 78.9 Å². The van der Waals surface area contributed by atoms with Gasteiger partial charge in [0.1, 0.15) is 5.75 Å². The number of benzene rings is 1. The van der Waals surface area contributed by atoms with Crippen LogP contribution in [-0.4, -0.2) is 64.4 Å². The van der Waals surface area contributed by atoms with Crippen LogP contribution < -0.4 is 0 Å². The second-order valence-corrected chi connectivity index (χ2v) is 10.4. The number of hydrogen-bond acceptors (Lipinski definition) is 5. The van der Waals surface area contributed by atoms with Crippen LogP contribution in [0.2, 0.25) is 0 Å². The summed E-state index contributed by atoms with van der Waals surface area (Å²) in [6, 6.07) is 4.94. The van der Waals surface area contributed by atoms with Gasteiger partial charge in [0.05, 0.1) is 0 Å². The molecule has 0 spiro atoms. The fourth-order valence-electron chi connectivity index (χ4n) is 4.10. The highest BCUT2D eigenvalue weighted by molar-refractivity contribution is 8.02. The van der Waals surface area contributed by atoms with E-state index in [2.05, 4.69) is 42.4 Å². The number of allylic oxidation sites excluding steroid dienone is 1. The van der Waals surface area contributed by atoms with Gasteiger partial charge >= 0.3 is 0 Å². The molecule has 1 aromatic carbocycles. The lowest BCUT2D eigenvalue weighted by atomic mass is 10.0. The van der Waals surface area contributed by atoms with Gasteiger partial charge in [-0.05, 0) is 81.6 Å². The molecule has 1 heterocycles. The van der Waals surface area contributed by atoms with E-state index in [0.717, 1.165) is 40.8 Å². The highest BCUT2D eigenvalue weighted by atomic mass is 32.2. The predicted octanol–water partition coefficient (Wildman–Crippen LogP) is 9.01. The molecule has 0 aromatic heterocycles. The van der Waals surface area contributed by atoms with Crippen molar-refractivity contribution in [1.29, 1.82) is 0 Å². The van der Waals surface area contributed by atoms with Crippen molar-refractivity contribution in [2.24, 2.45) is 0 Å². The van der Waals surface area contributed by atoms with E-state index in [9.17, 15) is 5.11 Å². The molecule has 0 atom stereocenters. The van der Waals surface area contributed by atoms with Crippen LogP contribution >= 0.6 is 23.5 Å². The minimum absolute atomic E-state index is 0.430. The smallest absolute Gasteiger partial charge is 0.121 e. The Bertz CT molecular complexity index is 620. The molecule has 0 bridgehead atoms. The van der Waals surface area contributed by atoms with Gasteiger partial charge in [-0.1, -0.05) is 62.0 Å². The standard InChI is InChI=1S/C24H40N2OS2.3C2H6/c1-6-11-25(7-2)22-8-12-26(13-9-22)21(5)10-14-28-15-16-29-23-17-19(3)24(27)20(4)18-23;3*1-2/h17-18,22,27H,5-16H2,1-4H3;3*1-2H3. The number of aromatic hydroxyl groups is 1. The first-order valence-electron chi connectivity index (χ1n) is 14.1. The van der Waals surface area contributed by atoms with Gasteiger partial charge in [0.2, 0.25) is 0 Å². The Kier molecular flexibility index (Phi) is 24.5. The van der Waals surface area contributed by atoms with Crippen molar-refractivity contribution in [1.82, 2.24) is 9.80 Å². The first-order valence-corrected chi connectivity index (χ1v) is 16.3. The highest BCUT2D eigenvalue weighted by Gasteiger charge is 2.23. The fourth-order valence-corrected chi connectivity index (χ4v) is 6.25. The lowest BCUT2D eigenvalue weighted by Crippen LogP contribution is -2.44. The molecule has 1 aromatic rings. The van der Waals surface area contributed by atoms with Gasteiger partial charge in [0.15, 0.2) is 0 Å². The number of nitrogens with zero attached hydrogens (tertiary/aromatic N) is 2. The molecule has 0 amide bonds. The molecule has 206 valence electrons. The zero-order valence-corrected chi connectivity index (χ0v) is 26.5. The number of piperidine rings is 1. The molecule has 35 heavy (non-hydrogen) atoms. The zero-order chi connectivity index (χ0) is 27.2. The van der Waals surface area contributed by atoms with Crippen LogP contribution in [0.3, 0.4) is 0 Å². The summed E-state index contributed by atoms with van der Waals surface area (Å²) in [7, 11) is 0. The van der Waals surface area contributed by atoms with Gasteiger partial charge in [0.25, 0.3) is 0 Å². The lowest BCUT2D eigenvalue weighted by Gasteiger charge is -2.39. The highest BCUT2D eigenvalue weighted by Crippen LogP contribution is 2.29. The first-order chi connectivity index (χ1) is 17.0. The molecule has 0 aliphatic carbocycles. The molecule has 1 fully saturated rings. The van der Waals surface area contributed by atoms with E-state index in [4.69, 9.17) is 0 Å². The molecule has 1 aliphatic rings. The summed E-state index contributed by atoms with van der Waals surface area (Å²) in [5.74, 6) is 3.85. The zero-order valence-electron chi connectivity index (χ0n) is 24.9. The molecule has 0 unspecified atom stereocenters. The fraction of sp³-hybridized carbons (Fsp3) is 0.733. The summed E-state index contributed by atoms with van der Waals surface area (Å²) in [6.07, 6.45) is 4.91. The van der Waals surface area contributed by atoms with E-state index in [1.54, 1.807) is 0 Å². The number of likely N-dealkylation sites (tertiary alicyclic amines) is 1. The molecule has 1 saturated heterocycles. The Hall–Kier alpha value is -0.780. The Balaban J connectivity index is 0. The maximum atomic E-state index is 9.88. The summed E-state index contributed by atoms with van der Waals surface area (Å²) >= 11 is 3.91. The molecule has 2 rings (SSSR count). The maximum Gasteiger partial charge on any atom is 0.121 e. The average molecular weight is 527 g/mol. The molecule has 1 N–H and O–H groups in total. The topological polar surface area (TPSA) is 26.7 Å². The van der Waals surface area contributed by atoms with Crippen molar-refractivity contribution in [2.75, 3.05) is 43.4 Å². The van der Waals surface area contributed by atoms with E-state index < -0.39 is 0 Å². The van der Waals surface area contributed by atoms with Crippen LogP contribution in [0.15, 0.2) is 29.3 Å². The number of phenols is 1. The lowest BCUT2D eigenvalue weighted by molar-refractivity contribution is 0.128. The molecule has 0 saturated carbocycles. The van der Waals surface area contributed by atoms with Gasteiger partial charge in [-0.3, -0.25) is 0 Å². The minimum Gasteiger partial charge on any atom is -0.507 e. The SMILES string of the molecule is C=C(CCSCCSc1cc(C)c(O)c(C)c1)N1CCC(N(CC)CCC)CC1.CC.CC.CC. The van der Waals surface area contributed by atoms with Crippen molar-refractivity contribution in [2.45, 2.75) is 106 Å². The summed E-state index contributed by atoms with van der Waals surface area (Å²) in [5, 5.41) is 9.88. The van der Waals surface area contributed by atoms with Gasteiger partial charge < -0.3 is 14.9 Å². The monoisotopic (exact) mass is 526 g/mol. The van der Waals surface area contributed by atoms with E-state index in [1.165, 1.54) is 56.0 Å². The maximum absolute atomic E-state index is 9.88. The quantitative estimate of drug-likeness (QED) is 0.216. The second kappa shape index (κ2) is 23.6. The van der Waals surface area contributed by atoms with Crippen LogP contribution in [0, 0.1) is 13.8 Å². The Morgan fingerprint density at radius 1 is 0.971 bits per heavy atom. The van der Waals surface area contributed by atoms with E-state index in [-0.39, 0.29) is 0 Å². The molecular weight excluding hydrogens is 468 g/mol. The summed E-state index contributed by atoms with van der Waals surface area (Å²) < 4.78 is 0. The normalized spacial score (nSPS) is 13.2. The van der Waals surface area contributed by atoms with Crippen molar-refractivity contribution in [3.8, 4) is 5.75 Å². The first kappa shape index (κ1) is 36.4. The molecule has 5 heteroatoms. The third kappa shape index (κ3) is 14.5. The third-order valence-electron chi connectivity index (χ3n) is 5.84. The molecular formula is C30H58N2OS2. The number of aryl methyl sites for hydroxylation is 2. The average Bonchev–Trinajstić information content (AvgIpc) is 2.91. The Labute approximate surface area is 228 Å². The van der Waals surface area contributed by atoms with Crippen LogP contribution in [0.5, 0.6) is 5.75 Å². The van der Waals surface area contributed by atoms with Crippen molar-refractivity contribution < 1.29 is 5.11 Å². The number of hydrogen-bond donors (Lipinski definition) is 1. The van der Waals surface area contributed by atoms with E-state index in [0.29, 0.717) is 5.75 Å². The van der Waals surface area contributed by atoms with Crippen LogP contribution in [0.25, 0.3) is 0 Å². The third-order valence-corrected chi connectivity index (χ3v) is 8.06. The molecule has 3 nitrogen and oxygen atoms in total. The predicted molar refractivity (Wildman–Crippen MR) is 166 cm³/mol. The van der Waals surface area contributed by atoms with E-state index >= 15 is 0 Å². The van der Waals surface area contributed by atoms with Crippen LogP contribution in [0.1, 0.15) is 92.2 Å². The van der Waals surface area contributed by atoms with Gasteiger partial charge in [-0.15, -0.1) is 11.8 Å².